The first-order valence-corrected chi connectivity index (χ1v) is 7.84. The molecule has 2 aliphatic heterocycles. The number of thiazole rings is 1. The zero-order valence-corrected chi connectivity index (χ0v) is 13.1. The molecule has 1 atom stereocenters. The van der Waals surface area contributed by atoms with Gasteiger partial charge in [-0.05, 0) is 6.08 Å². The summed E-state index contributed by atoms with van der Waals surface area (Å²) in [7, 11) is 0. The van der Waals surface area contributed by atoms with Crippen molar-refractivity contribution in [2.45, 2.75) is 12.6 Å². The number of nitrogens with one attached hydrogen (secondary N) is 1. The van der Waals surface area contributed by atoms with Crippen LogP contribution in [0.4, 0.5) is 9.59 Å². The standard InChI is InChI=1S/C14H16N4O4S/c1-2-3-22-18-10-4-9(7-17(8-10)14(18)21)12-15-5-11(23-12)6-16-13(19)20/h2,4-5,10,16H,1,3,6-8H2,(H,19,20). The minimum absolute atomic E-state index is 0.143. The Morgan fingerprint density at radius 2 is 2.48 bits per heavy atom. The maximum absolute atomic E-state index is 12.2. The highest BCUT2D eigenvalue weighted by atomic mass is 32.1. The summed E-state index contributed by atoms with van der Waals surface area (Å²) in [6.07, 6.45) is 4.16. The van der Waals surface area contributed by atoms with Gasteiger partial charge in [0.2, 0.25) is 0 Å². The van der Waals surface area contributed by atoms with E-state index in [9.17, 15) is 9.59 Å². The topological polar surface area (TPSA) is 95.0 Å². The molecule has 1 unspecified atom stereocenters. The van der Waals surface area contributed by atoms with Crippen molar-refractivity contribution in [1.29, 1.82) is 0 Å². The maximum Gasteiger partial charge on any atom is 0.404 e. The number of fused-ring (bicyclic) bond motifs is 2. The largest absolute Gasteiger partial charge is 0.465 e. The summed E-state index contributed by atoms with van der Waals surface area (Å²) < 4.78 is 0. The summed E-state index contributed by atoms with van der Waals surface area (Å²) >= 11 is 1.41. The number of hydrogen-bond donors (Lipinski definition) is 2. The molecule has 0 saturated carbocycles. The quantitative estimate of drug-likeness (QED) is 0.768. The summed E-state index contributed by atoms with van der Waals surface area (Å²) in [4.78, 5) is 35.0. The summed E-state index contributed by atoms with van der Waals surface area (Å²) in [6, 6.07) is -0.303. The lowest BCUT2D eigenvalue weighted by Crippen LogP contribution is -2.33. The van der Waals surface area contributed by atoms with Gasteiger partial charge in [-0.1, -0.05) is 6.08 Å². The SMILES string of the molecule is C=CCON1C(=O)N2CC(c3ncc(CNC(=O)O)s3)=CC1C2. The summed E-state index contributed by atoms with van der Waals surface area (Å²) in [6.45, 7) is 5.15. The van der Waals surface area contributed by atoms with E-state index in [1.54, 1.807) is 17.2 Å². The Morgan fingerprint density at radius 3 is 3.22 bits per heavy atom. The average Bonchev–Trinajstić information content (AvgIpc) is 3.08. The Balaban J connectivity index is 1.73. The fraction of sp³-hybridized carbons (Fsp3) is 0.357. The van der Waals surface area contributed by atoms with Gasteiger partial charge in [0.05, 0.1) is 25.7 Å². The summed E-state index contributed by atoms with van der Waals surface area (Å²) in [5.41, 5.74) is 0.950. The van der Waals surface area contributed by atoms with E-state index in [4.69, 9.17) is 9.94 Å². The molecule has 0 spiro atoms. The molecule has 1 aromatic heterocycles. The third kappa shape index (κ3) is 3.20. The first-order chi connectivity index (χ1) is 11.1. The van der Waals surface area contributed by atoms with Crippen molar-refractivity contribution in [1.82, 2.24) is 20.3 Å². The van der Waals surface area contributed by atoms with Crippen molar-refractivity contribution in [3.05, 3.63) is 34.8 Å². The van der Waals surface area contributed by atoms with E-state index in [2.05, 4.69) is 16.9 Å². The highest BCUT2D eigenvalue weighted by Crippen LogP contribution is 2.31. The number of aromatic nitrogens is 1. The smallest absolute Gasteiger partial charge is 0.404 e. The van der Waals surface area contributed by atoms with Crippen LogP contribution < -0.4 is 5.32 Å². The molecule has 2 N–H and O–H groups in total. The molecule has 122 valence electrons. The number of nitrogens with zero attached hydrogens (tertiary/aromatic N) is 3. The predicted octanol–water partition coefficient (Wildman–Crippen LogP) is 1.53. The number of hydrogen-bond acceptors (Lipinski definition) is 5. The average molecular weight is 336 g/mol. The molecule has 0 radical (unpaired) electrons. The number of amides is 3. The van der Waals surface area contributed by atoms with Gasteiger partial charge >= 0.3 is 12.1 Å². The van der Waals surface area contributed by atoms with E-state index in [0.717, 1.165) is 15.5 Å². The van der Waals surface area contributed by atoms with Gasteiger partial charge < -0.3 is 15.3 Å². The first kappa shape index (κ1) is 15.5. The van der Waals surface area contributed by atoms with E-state index in [1.807, 2.05) is 6.08 Å². The van der Waals surface area contributed by atoms with Crippen molar-refractivity contribution < 1.29 is 19.5 Å². The highest BCUT2D eigenvalue weighted by molar-refractivity contribution is 7.12. The van der Waals surface area contributed by atoms with Crippen LogP contribution in [0.2, 0.25) is 0 Å². The van der Waals surface area contributed by atoms with E-state index < -0.39 is 6.09 Å². The molecule has 2 bridgehead atoms. The second kappa shape index (κ2) is 6.39. The highest BCUT2D eigenvalue weighted by Gasteiger charge is 2.41. The summed E-state index contributed by atoms with van der Waals surface area (Å²) in [5, 5.41) is 13.1. The third-order valence-electron chi connectivity index (χ3n) is 3.50. The molecular formula is C14H16N4O4S. The van der Waals surface area contributed by atoms with Crippen LogP contribution >= 0.6 is 11.3 Å². The lowest BCUT2D eigenvalue weighted by molar-refractivity contribution is -0.107. The van der Waals surface area contributed by atoms with Gasteiger partial charge in [0, 0.05) is 23.2 Å². The van der Waals surface area contributed by atoms with Crippen LogP contribution in [0.1, 0.15) is 9.88 Å². The van der Waals surface area contributed by atoms with Crippen LogP contribution in [0.15, 0.2) is 24.9 Å². The first-order valence-electron chi connectivity index (χ1n) is 7.03. The number of carbonyl (C=O) groups is 2. The van der Waals surface area contributed by atoms with Crippen molar-refractivity contribution in [3.63, 3.8) is 0 Å². The third-order valence-corrected chi connectivity index (χ3v) is 4.57. The molecule has 3 heterocycles. The van der Waals surface area contributed by atoms with Crippen molar-refractivity contribution in [2.75, 3.05) is 19.7 Å². The van der Waals surface area contributed by atoms with Crippen LogP contribution in [-0.4, -0.2) is 57.9 Å². The van der Waals surface area contributed by atoms with Crippen molar-refractivity contribution in [2.24, 2.45) is 0 Å². The van der Waals surface area contributed by atoms with Crippen LogP contribution in [0.25, 0.3) is 5.57 Å². The van der Waals surface area contributed by atoms with Crippen LogP contribution in [0.5, 0.6) is 0 Å². The molecule has 1 aromatic rings. The van der Waals surface area contributed by atoms with Crippen LogP contribution in [0, 0.1) is 0 Å². The molecular weight excluding hydrogens is 320 g/mol. The molecule has 1 saturated heterocycles. The molecule has 23 heavy (non-hydrogen) atoms. The van der Waals surface area contributed by atoms with E-state index in [-0.39, 0.29) is 25.2 Å². The van der Waals surface area contributed by atoms with Gasteiger partial charge in [-0.3, -0.25) is 4.84 Å². The van der Waals surface area contributed by atoms with Gasteiger partial charge in [-0.25, -0.2) is 14.6 Å². The fourth-order valence-corrected chi connectivity index (χ4v) is 3.39. The Labute approximate surface area is 136 Å². The van der Waals surface area contributed by atoms with Gasteiger partial charge in [-0.2, -0.15) is 5.06 Å². The Morgan fingerprint density at radius 1 is 1.65 bits per heavy atom. The van der Waals surface area contributed by atoms with Gasteiger partial charge in [0.15, 0.2) is 0 Å². The molecule has 1 fully saturated rings. The monoisotopic (exact) mass is 336 g/mol. The van der Waals surface area contributed by atoms with Crippen LogP contribution in [-0.2, 0) is 11.4 Å². The number of rotatable bonds is 6. The molecule has 9 heteroatoms. The van der Waals surface area contributed by atoms with Crippen molar-refractivity contribution >= 4 is 29.0 Å². The molecule has 8 nitrogen and oxygen atoms in total. The number of hydroxylamine groups is 2. The van der Waals surface area contributed by atoms with E-state index in [0.29, 0.717) is 13.1 Å². The Bertz CT molecular complexity index is 671. The van der Waals surface area contributed by atoms with Gasteiger partial charge in [0.25, 0.3) is 0 Å². The second-order valence-corrected chi connectivity index (χ2v) is 6.24. The van der Waals surface area contributed by atoms with E-state index >= 15 is 0 Å². The molecule has 0 aromatic carbocycles. The van der Waals surface area contributed by atoms with Crippen molar-refractivity contribution in [3.8, 4) is 0 Å². The van der Waals surface area contributed by atoms with E-state index in [1.165, 1.54) is 16.4 Å². The van der Waals surface area contributed by atoms with Gasteiger partial charge in [0.1, 0.15) is 5.01 Å². The molecule has 2 aliphatic rings. The lowest BCUT2D eigenvalue weighted by atomic mass is 10.1. The number of urea groups is 1. The molecule has 3 amide bonds. The second-order valence-electron chi connectivity index (χ2n) is 5.12. The minimum Gasteiger partial charge on any atom is -0.465 e. The zero-order chi connectivity index (χ0) is 16.4. The number of carbonyl (C=O) groups excluding carboxylic acids is 1. The number of carboxylic acid groups (broad SMARTS) is 1. The maximum atomic E-state index is 12.2. The zero-order valence-electron chi connectivity index (χ0n) is 12.3. The lowest BCUT2D eigenvalue weighted by Gasteiger charge is -2.20. The Kier molecular flexibility index (Phi) is 4.30. The van der Waals surface area contributed by atoms with Crippen LogP contribution in [0.3, 0.4) is 0 Å². The Hall–Kier alpha value is -2.39. The molecule has 3 rings (SSSR count). The molecule has 0 aliphatic carbocycles. The normalized spacial score (nSPS) is 19.7. The predicted molar refractivity (Wildman–Crippen MR) is 83.7 cm³/mol. The summed E-state index contributed by atoms with van der Waals surface area (Å²) in [5.74, 6) is 0. The fourth-order valence-electron chi connectivity index (χ4n) is 2.53. The minimum atomic E-state index is -1.07. The van der Waals surface area contributed by atoms with Gasteiger partial charge in [-0.15, -0.1) is 17.9 Å².